The highest BCUT2D eigenvalue weighted by atomic mass is 35.5. The second-order valence-corrected chi connectivity index (χ2v) is 4.31. The predicted molar refractivity (Wildman–Crippen MR) is 68.3 cm³/mol. The lowest BCUT2D eigenvalue weighted by Gasteiger charge is -2.09. The lowest BCUT2D eigenvalue weighted by Crippen LogP contribution is -2.07. The summed E-state index contributed by atoms with van der Waals surface area (Å²) in [5.74, 6) is -1.02. The Morgan fingerprint density at radius 3 is 2.22 bits per heavy atom. The highest BCUT2D eigenvalue weighted by molar-refractivity contribution is 6.37. The fourth-order valence-corrected chi connectivity index (χ4v) is 1.76. The van der Waals surface area contributed by atoms with Crippen LogP contribution in [0.2, 0.25) is 10.0 Å². The third kappa shape index (κ3) is 3.89. The van der Waals surface area contributed by atoms with E-state index in [9.17, 15) is 9.59 Å². The van der Waals surface area contributed by atoms with E-state index in [1.54, 1.807) is 0 Å². The number of ether oxygens (including phenoxy) is 2. The molecule has 0 aromatic heterocycles. The van der Waals surface area contributed by atoms with Gasteiger partial charge in [0.05, 0.1) is 22.2 Å². The van der Waals surface area contributed by atoms with Crippen LogP contribution in [0.25, 0.3) is 0 Å². The van der Waals surface area contributed by atoms with Crippen molar-refractivity contribution >= 4 is 35.1 Å². The molecule has 0 unspecified atom stereocenters. The van der Waals surface area contributed by atoms with Crippen LogP contribution in [0.4, 0.5) is 0 Å². The molecular weight excluding hydrogens is 279 g/mol. The first kappa shape index (κ1) is 14.8. The molecule has 0 N–H and O–H groups in total. The van der Waals surface area contributed by atoms with Crippen molar-refractivity contribution in [2.75, 3.05) is 6.61 Å². The van der Waals surface area contributed by atoms with Crippen LogP contribution in [-0.2, 0) is 9.53 Å². The lowest BCUT2D eigenvalue weighted by molar-refractivity contribution is -0.131. The van der Waals surface area contributed by atoms with Crippen molar-refractivity contribution in [3.05, 3.63) is 27.7 Å². The van der Waals surface area contributed by atoms with E-state index in [1.807, 2.05) is 6.92 Å². The van der Waals surface area contributed by atoms with Crippen LogP contribution in [-0.4, -0.2) is 18.5 Å². The molecular formula is C12H12Cl2O4. The topological polar surface area (TPSA) is 52.6 Å². The molecule has 0 atom stereocenters. The van der Waals surface area contributed by atoms with Gasteiger partial charge in [-0.3, -0.25) is 4.79 Å². The summed E-state index contributed by atoms with van der Waals surface area (Å²) in [5.41, 5.74) is 0.217. The highest BCUT2D eigenvalue weighted by Gasteiger charge is 2.16. The van der Waals surface area contributed by atoms with Gasteiger partial charge < -0.3 is 9.47 Å². The molecule has 0 radical (unpaired) electrons. The maximum atomic E-state index is 11.6. The Balaban J connectivity index is 2.98. The number of carbonyl (C=O) groups excluding carboxylic acids is 2. The van der Waals surface area contributed by atoms with Crippen molar-refractivity contribution in [3.63, 3.8) is 0 Å². The second kappa shape index (κ2) is 6.61. The Kier molecular flexibility index (Phi) is 5.44. The molecule has 0 heterocycles. The van der Waals surface area contributed by atoms with Crippen molar-refractivity contribution in [1.82, 2.24) is 0 Å². The summed E-state index contributed by atoms with van der Waals surface area (Å²) in [4.78, 5) is 22.4. The first-order valence-corrected chi connectivity index (χ1v) is 6.05. The summed E-state index contributed by atoms with van der Waals surface area (Å²) in [7, 11) is 0. The standard InChI is InChI=1S/C12H12Cl2O4/c1-3-4-17-12(16)8-5-9(13)11(10(14)6-8)18-7(2)15/h5-6H,3-4H2,1-2H3. The van der Waals surface area contributed by atoms with Gasteiger partial charge in [-0.15, -0.1) is 0 Å². The molecule has 0 spiro atoms. The van der Waals surface area contributed by atoms with E-state index in [2.05, 4.69) is 0 Å². The van der Waals surface area contributed by atoms with Gasteiger partial charge in [-0.1, -0.05) is 30.1 Å². The van der Waals surface area contributed by atoms with Crippen molar-refractivity contribution in [2.24, 2.45) is 0 Å². The zero-order chi connectivity index (χ0) is 13.7. The zero-order valence-corrected chi connectivity index (χ0v) is 11.5. The molecule has 0 amide bonds. The van der Waals surface area contributed by atoms with Crippen molar-refractivity contribution in [1.29, 1.82) is 0 Å². The van der Waals surface area contributed by atoms with E-state index < -0.39 is 11.9 Å². The average Bonchev–Trinajstić information content (AvgIpc) is 2.30. The summed E-state index contributed by atoms with van der Waals surface area (Å²) in [5, 5.41) is 0.169. The van der Waals surface area contributed by atoms with Crippen LogP contribution in [0.15, 0.2) is 12.1 Å². The first-order valence-electron chi connectivity index (χ1n) is 5.30. The van der Waals surface area contributed by atoms with E-state index in [4.69, 9.17) is 32.7 Å². The minimum absolute atomic E-state index is 0.0397. The van der Waals surface area contributed by atoms with E-state index in [0.29, 0.717) is 6.61 Å². The van der Waals surface area contributed by atoms with Crippen LogP contribution in [0.1, 0.15) is 30.6 Å². The summed E-state index contributed by atoms with van der Waals surface area (Å²) >= 11 is 11.8. The van der Waals surface area contributed by atoms with Crippen LogP contribution in [0, 0.1) is 0 Å². The maximum Gasteiger partial charge on any atom is 0.338 e. The number of hydrogen-bond donors (Lipinski definition) is 0. The fraction of sp³-hybridized carbons (Fsp3) is 0.333. The molecule has 4 nitrogen and oxygen atoms in total. The van der Waals surface area contributed by atoms with E-state index in [1.165, 1.54) is 19.1 Å². The van der Waals surface area contributed by atoms with Gasteiger partial charge in [0.2, 0.25) is 0 Å². The summed E-state index contributed by atoms with van der Waals surface area (Å²) < 4.78 is 9.78. The molecule has 0 saturated heterocycles. The van der Waals surface area contributed by atoms with Gasteiger partial charge >= 0.3 is 11.9 Å². The monoisotopic (exact) mass is 290 g/mol. The Morgan fingerprint density at radius 1 is 1.22 bits per heavy atom. The molecule has 0 aliphatic rings. The van der Waals surface area contributed by atoms with Crippen LogP contribution >= 0.6 is 23.2 Å². The second-order valence-electron chi connectivity index (χ2n) is 3.50. The van der Waals surface area contributed by atoms with Gasteiger partial charge in [0, 0.05) is 6.92 Å². The number of carbonyl (C=O) groups is 2. The Morgan fingerprint density at radius 2 is 1.78 bits per heavy atom. The molecule has 1 aromatic carbocycles. The van der Waals surface area contributed by atoms with Crippen LogP contribution in [0.5, 0.6) is 5.75 Å². The van der Waals surface area contributed by atoms with Crippen molar-refractivity contribution in [2.45, 2.75) is 20.3 Å². The summed E-state index contributed by atoms with van der Waals surface area (Å²) in [6, 6.07) is 2.70. The van der Waals surface area contributed by atoms with Crippen molar-refractivity contribution < 1.29 is 19.1 Å². The molecule has 0 aliphatic carbocycles. The highest BCUT2D eigenvalue weighted by Crippen LogP contribution is 2.34. The van der Waals surface area contributed by atoms with Gasteiger partial charge in [0.25, 0.3) is 0 Å². The Labute approximate surface area is 115 Å². The Hall–Kier alpha value is -1.26. The molecule has 0 saturated carbocycles. The molecule has 0 bridgehead atoms. The minimum Gasteiger partial charge on any atom is -0.462 e. The summed E-state index contributed by atoms with van der Waals surface area (Å²) in [6.45, 7) is 3.44. The van der Waals surface area contributed by atoms with Crippen LogP contribution < -0.4 is 4.74 Å². The third-order valence-corrected chi connectivity index (χ3v) is 2.48. The van der Waals surface area contributed by atoms with Crippen molar-refractivity contribution in [3.8, 4) is 5.75 Å². The van der Waals surface area contributed by atoms with Gasteiger partial charge in [0.1, 0.15) is 0 Å². The molecule has 0 aliphatic heterocycles. The molecule has 18 heavy (non-hydrogen) atoms. The maximum absolute atomic E-state index is 11.6. The normalized spacial score (nSPS) is 10.0. The minimum atomic E-state index is -0.542. The molecule has 0 fully saturated rings. The van der Waals surface area contributed by atoms with E-state index in [0.717, 1.165) is 6.42 Å². The first-order chi connectivity index (χ1) is 8.45. The SMILES string of the molecule is CCCOC(=O)c1cc(Cl)c(OC(C)=O)c(Cl)c1. The van der Waals surface area contributed by atoms with Gasteiger partial charge in [-0.2, -0.15) is 0 Å². The Bertz CT molecular complexity index is 448. The van der Waals surface area contributed by atoms with Gasteiger partial charge in [-0.05, 0) is 18.6 Å². The lowest BCUT2D eigenvalue weighted by atomic mass is 10.2. The van der Waals surface area contributed by atoms with Gasteiger partial charge in [-0.25, -0.2) is 4.79 Å². The predicted octanol–water partition coefficient (Wildman–Crippen LogP) is 3.49. The van der Waals surface area contributed by atoms with E-state index in [-0.39, 0.29) is 21.4 Å². The average molecular weight is 291 g/mol. The molecule has 98 valence electrons. The smallest absolute Gasteiger partial charge is 0.338 e. The quantitative estimate of drug-likeness (QED) is 0.629. The zero-order valence-electron chi connectivity index (χ0n) is 9.96. The molecule has 1 aromatic rings. The summed E-state index contributed by atoms with van der Waals surface area (Å²) in [6.07, 6.45) is 0.721. The largest absolute Gasteiger partial charge is 0.462 e. The number of halogens is 2. The number of benzene rings is 1. The number of rotatable bonds is 4. The van der Waals surface area contributed by atoms with Crippen LogP contribution in [0.3, 0.4) is 0 Å². The van der Waals surface area contributed by atoms with Gasteiger partial charge in [0.15, 0.2) is 5.75 Å². The van der Waals surface area contributed by atoms with E-state index >= 15 is 0 Å². The fourth-order valence-electron chi connectivity index (χ4n) is 1.20. The number of hydrogen-bond acceptors (Lipinski definition) is 4. The number of esters is 2. The third-order valence-electron chi connectivity index (χ3n) is 1.92. The molecule has 1 rings (SSSR count). The molecule has 6 heteroatoms.